The molecule has 1 saturated heterocycles. The van der Waals surface area contributed by atoms with Crippen LogP contribution in [0.15, 0.2) is 72.8 Å². The van der Waals surface area contributed by atoms with Gasteiger partial charge in [0.15, 0.2) is 0 Å². The van der Waals surface area contributed by atoms with E-state index in [0.29, 0.717) is 24.2 Å². The van der Waals surface area contributed by atoms with E-state index in [2.05, 4.69) is 30.3 Å². The second kappa shape index (κ2) is 8.70. The summed E-state index contributed by atoms with van der Waals surface area (Å²) >= 11 is 0. The monoisotopic (exact) mass is 464 g/mol. The second-order valence-corrected chi connectivity index (χ2v) is 9.56. The normalized spacial score (nSPS) is 20.5. The van der Waals surface area contributed by atoms with Gasteiger partial charge < -0.3 is 4.74 Å². The zero-order valence-corrected chi connectivity index (χ0v) is 19.3. The molecule has 0 spiro atoms. The molecule has 1 aliphatic carbocycles. The van der Waals surface area contributed by atoms with Crippen molar-refractivity contribution in [3.05, 3.63) is 101 Å². The van der Waals surface area contributed by atoms with Crippen molar-refractivity contribution in [2.45, 2.75) is 43.7 Å². The summed E-state index contributed by atoms with van der Waals surface area (Å²) in [7, 11) is 0. The van der Waals surface area contributed by atoms with Gasteiger partial charge >= 0.3 is 6.09 Å². The number of carbonyl (C=O) groups is 1. The molecule has 4 nitrogen and oxygen atoms in total. The number of carbonyl (C=O) groups excluding carboxylic acids is 1. The minimum Gasteiger partial charge on any atom is -0.448 e. The van der Waals surface area contributed by atoms with Crippen LogP contribution in [0, 0.1) is 17.1 Å². The van der Waals surface area contributed by atoms with E-state index >= 15 is 0 Å². The molecule has 174 valence electrons. The highest BCUT2D eigenvalue weighted by Crippen LogP contribution is 2.45. The lowest BCUT2D eigenvalue weighted by Gasteiger charge is -2.44. The number of amides is 1. The van der Waals surface area contributed by atoms with E-state index in [4.69, 9.17) is 4.74 Å². The summed E-state index contributed by atoms with van der Waals surface area (Å²) in [5, 5.41) is 9.51. The predicted molar refractivity (Wildman–Crippen MR) is 132 cm³/mol. The number of piperidine rings is 1. The third-order valence-corrected chi connectivity index (χ3v) is 7.63. The number of ether oxygens (including phenoxy) is 1. The van der Waals surface area contributed by atoms with Crippen molar-refractivity contribution in [1.29, 1.82) is 5.26 Å². The second-order valence-electron chi connectivity index (χ2n) is 9.56. The van der Waals surface area contributed by atoms with E-state index in [1.54, 1.807) is 0 Å². The lowest BCUT2D eigenvalue weighted by molar-refractivity contribution is 0.0539. The Bertz CT molecular complexity index is 1340. The van der Waals surface area contributed by atoms with E-state index in [1.165, 1.54) is 40.5 Å². The zero-order valence-electron chi connectivity index (χ0n) is 19.3. The van der Waals surface area contributed by atoms with Crippen LogP contribution in [0.4, 0.5) is 9.18 Å². The summed E-state index contributed by atoms with van der Waals surface area (Å²) in [6.07, 6.45) is 5.07. The Hall–Kier alpha value is -3.91. The van der Waals surface area contributed by atoms with E-state index in [0.717, 1.165) is 24.8 Å². The lowest BCUT2D eigenvalue weighted by Crippen LogP contribution is -2.52. The maximum Gasteiger partial charge on any atom is 0.410 e. The Morgan fingerprint density at radius 3 is 2.40 bits per heavy atom. The van der Waals surface area contributed by atoms with Crippen molar-refractivity contribution >= 4 is 11.7 Å². The maximum atomic E-state index is 14.0. The number of hydrogen-bond donors (Lipinski definition) is 0. The molecule has 5 heteroatoms. The van der Waals surface area contributed by atoms with Crippen LogP contribution in [0.1, 0.15) is 53.9 Å². The molecule has 2 atom stereocenters. The highest BCUT2D eigenvalue weighted by atomic mass is 19.1. The average Bonchev–Trinajstić information content (AvgIpc) is 3.20. The Kier molecular flexibility index (Phi) is 5.37. The summed E-state index contributed by atoms with van der Waals surface area (Å²) in [6, 6.07) is 22.9. The number of nitrogens with zero attached hydrogens (tertiary/aromatic N) is 2. The molecule has 35 heavy (non-hydrogen) atoms. The molecule has 2 bridgehead atoms. The van der Waals surface area contributed by atoms with Crippen LogP contribution in [0.3, 0.4) is 0 Å². The SMILES string of the molecule is N#Cc1ccc(F)cc1C1=CC2CCCC(C1)N2C(=O)OCC1c2ccccc2-c2ccccc21. The Morgan fingerprint density at radius 2 is 1.71 bits per heavy atom. The lowest BCUT2D eigenvalue weighted by atomic mass is 9.82. The molecule has 0 aromatic heterocycles. The largest absolute Gasteiger partial charge is 0.448 e. The van der Waals surface area contributed by atoms with Crippen LogP contribution in [-0.4, -0.2) is 29.7 Å². The first-order chi connectivity index (χ1) is 17.1. The van der Waals surface area contributed by atoms with Gasteiger partial charge in [-0.05, 0) is 77.3 Å². The van der Waals surface area contributed by atoms with Crippen LogP contribution >= 0.6 is 0 Å². The average molecular weight is 465 g/mol. The van der Waals surface area contributed by atoms with Crippen molar-refractivity contribution in [2.24, 2.45) is 0 Å². The molecule has 2 unspecified atom stereocenters. The molecule has 3 aromatic carbocycles. The molecular formula is C30H25FN2O2. The third-order valence-electron chi connectivity index (χ3n) is 7.63. The number of halogens is 1. The molecule has 3 aromatic rings. The minimum absolute atomic E-state index is 0.0146. The first kappa shape index (κ1) is 21.6. The van der Waals surface area contributed by atoms with Crippen molar-refractivity contribution in [3.63, 3.8) is 0 Å². The smallest absolute Gasteiger partial charge is 0.410 e. The van der Waals surface area contributed by atoms with Crippen LogP contribution in [0.25, 0.3) is 16.7 Å². The highest BCUT2D eigenvalue weighted by molar-refractivity contribution is 5.80. The molecule has 0 saturated carbocycles. The number of rotatable bonds is 3. The van der Waals surface area contributed by atoms with E-state index in [-0.39, 0.29) is 29.9 Å². The molecule has 2 aliphatic heterocycles. The summed E-state index contributed by atoms with van der Waals surface area (Å²) in [5.74, 6) is -0.336. The van der Waals surface area contributed by atoms with Gasteiger partial charge in [0.05, 0.1) is 17.7 Å². The van der Waals surface area contributed by atoms with Gasteiger partial charge in [0, 0.05) is 12.0 Å². The van der Waals surface area contributed by atoms with Gasteiger partial charge in [0.1, 0.15) is 12.4 Å². The Labute approximate surface area is 204 Å². The summed E-state index contributed by atoms with van der Waals surface area (Å²) < 4.78 is 19.9. The van der Waals surface area contributed by atoms with Crippen LogP contribution in [0.2, 0.25) is 0 Å². The van der Waals surface area contributed by atoms with Crippen LogP contribution in [0.5, 0.6) is 0 Å². The van der Waals surface area contributed by atoms with Crippen molar-refractivity contribution in [1.82, 2.24) is 4.90 Å². The molecule has 0 radical (unpaired) electrons. The topological polar surface area (TPSA) is 53.3 Å². The first-order valence-electron chi connectivity index (χ1n) is 12.2. The van der Waals surface area contributed by atoms with Gasteiger partial charge in [0.2, 0.25) is 0 Å². The fourth-order valence-electron chi connectivity index (χ4n) is 6.06. The molecular weight excluding hydrogens is 439 g/mol. The van der Waals surface area contributed by atoms with Crippen LogP contribution in [-0.2, 0) is 4.74 Å². The molecule has 1 fully saturated rings. The molecule has 6 rings (SSSR count). The minimum atomic E-state index is -0.357. The van der Waals surface area contributed by atoms with E-state index < -0.39 is 0 Å². The molecule has 0 N–H and O–H groups in total. The van der Waals surface area contributed by atoms with Crippen LogP contribution < -0.4 is 0 Å². The summed E-state index contributed by atoms with van der Waals surface area (Å²) in [6.45, 7) is 0.294. The van der Waals surface area contributed by atoms with Crippen molar-refractivity contribution in [2.75, 3.05) is 6.61 Å². The van der Waals surface area contributed by atoms with Crippen molar-refractivity contribution < 1.29 is 13.9 Å². The maximum absolute atomic E-state index is 14.0. The van der Waals surface area contributed by atoms with Gasteiger partial charge in [0.25, 0.3) is 0 Å². The highest BCUT2D eigenvalue weighted by Gasteiger charge is 2.39. The van der Waals surface area contributed by atoms with Gasteiger partial charge in [-0.15, -0.1) is 0 Å². The Balaban J connectivity index is 1.24. The molecule has 2 heterocycles. The quantitative estimate of drug-likeness (QED) is 0.436. The van der Waals surface area contributed by atoms with Gasteiger partial charge in [-0.3, -0.25) is 4.90 Å². The first-order valence-corrected chi connectivity index (χ1v) is 12.2. The van der Waals surface area contributed by atoms with E-state index in [1.807, 2.05) is 35.2 Å². The summed E-state index contributed by atoms with van der Waals surface area (Å²) in [5.41, 5.74) is 6.83. The third kappa shape index (κ3) is 3.70. The number of nitriles is 1. The Morgan fingerprint density at radius 1 is 1.00 bits per heavy atom. The van der Waals surface area contributed by atoms with E-state index in [9.17, 15) is 14.4 Å². The predicted octanol–water partition coefficient (Wildman–Crippen LogP) is 6.66. The van der Waals surface area contributed by atoms with Gasteiger partial charge in [-0.25, -0.2) is 9.18 Å². The summed E-state index contributed by atoms with van der Waals surface area (Å²) in [4.78, 5) is 15.2. The van der Waals surface area contributed by atoms with Crippen molar-refractivity contribution in [3.8, 4) is 17.2 Å². The zero-order chi connectivity index (χ0) is 23.9. The fourth-order valence-corrected chi connectivity index (χ4v) is 6.06. The van der Waals surface area contributed by atoms with Gasteiger partial charge in [-0.1, -0.05) is 54.6 Å². The number of hydrogen-bond acceptors (Lipinski definition) is 3. The standard InChI is InChI=1S/C30H25FN2O2/c31-21-13-12-19(17-32)28(16-21)20-14-22-6-5-7-23(15-20)33(22)30(34)35-18-29-26-10-3-1-8-24(26)25-9-2-4-11-27(25)29/h1-4,8-14,16,22-23,29H,5-7,15,18H2. The molecule has 1 amide bonds. The number of fused-ring (bicyclic) bond motifs is 5. The molecule has 3 aliphatic rings. The fraction of sp³-hybridized carbons (Fsp3) is 0.267. The van der Waals surface area contributed by atoms with Gasteiger partial charge in [-0.2, -0.15) is 5.26 Å². The number of benzene rings is 3.